The van der Waals surface area contributed by atoms with E-state index in [4.69, 9.17) is 9.47 Å². The van der Waals surface area contributed by atoms with E-state index in [2.05, 4.69) is 4.72 Å². The molecule has 1 N–H and O–H groups in total. The van der Waals surface area contributed by atoms with Gasteiger partial charge in [-0.05, 0) is 42.6 Å². The van der Waals surface area contributed by atoms with E-state index >= 15 is 0 Å². The van der Waals surface area contributed by atoms with Crippen LogP contribution in [0.3, 0.4) is 0 Å². The Morgan fingerprint density at radius 2 is 1.63 bits per heavy atom. The van der Waals surface area contributed by atoms with Crippen LogP contribution < -0.4 is 9.46 Å². The zero-order valence-corrected chi connectivity index (χ0v) is 17.7. The molecule has 1 aromatic heterocycles. The average molecular weight is 446 g/mol. The molecule has 3 aromatic rings. The van der Waals surface area contributed by atoms with Gasteiger partial charge in [-0.15, -0.1) is 11.3 Å². The normalized spacial score (nSPS) is 11.0. The van der Waals surface area contributed by atoms with Crippen LogP contribution in [0.25, 0.3) is 0 Å². The van der Waals surface area contributed by atoms with Gasteiger partial charge in [0, 0.05) is 0 Å². The minimum atomic E-state index is -3.80. The molecule has 0 saturated heterocycles. The van der Waals surface area contributed by atoms with Gasteiger partial charge in [-0.25, -0.2) is 13.2 Å². The summed E-state index contributed by atoms with van der Waals surface area (Å²) in [6.07, 6.45) is 0. The van der Waals surface area contributed by atoms with Crippen molar-refractivity contribution in [1.29, 1.82) is 0 Å². The van der Waals surface area contributed by atoms with Crippen molar-refractivity contribution in [2.45, 2.75) is 11.1 Å². The quantitative estimate of drug-likeness (QED) is 0.304. The van der Waals surface area contributed by atoms with Crippen LogP contribution in [-0.2, 0) is 14.8 Å². The summed E-state index contributed by atoms with van der Waals surface area (Å²) in [6.45, 7) is 1.41. The average Bonchev–Trinajstić information content (AvgIpc) is 3.27. The van der Waals surface area contributed by atoms with Crippen molar-refractivity contribution in [3.63, 3.8) is 0 Å². The number of nitrogens with one attached hydrogen (secondary N) is 1. The summed E-state index contributed by atoms with van der Waals surface area (Å²) in [5.74, 6) is -0.414. The maximum absolute atomic E-state index is 12.5. The maximum Gasteiger partial charge on any atom is 0.340 e. The molecule has 0 fully saturated rings. The first-order chi connectivity index (χ1) is 14.4. The first kappa shape index (κ1) is 21.5. The molecular weight excluding hydrogens is 426 g/mol. The summed E-state index contributed by atoms with van der Waals surface area (Å²) < 4.78 is 38.2. The van der Waals surface area contributed by atoms with Gasteiger partial charge < -0.3 is 9.47 Å². The molecule has 1 heterocycles. The number of thiophene rings is 1. The van der Waals surface area contributed by atoms with Gasteiger partial charge in [0.15, 0.2) is 5.78 Å². The highest BCUT2D eigenvalue weighted by Crippen LogP contribution is 2.23. The minimum Gasteiger partial charge on any atom is -0.489 e. The fourth-order valence-electron chi connectivity index (χ4n) is 2.61. The zero-order valence-electron chi connectivity index (χ0n) is 16.0. The number of ether oxygens (including phenoxy) is 2. The van der Waals surface area contributed by atoms with Crippen LogP contribution in [0.2, 0.25) is 0 Å². The van der Waals surface area contributed by atoms with Crippen LogP contribution in [0.15, 0.2) is 70.3 Å². The summed E-state index contributed by atoms with van der Waals surface area (Å²) in [4.78, 5) is 24.1. The number of ketones is 1. The van der Waals surface area contributed by atoms with Gasteiger partial charge in [-0.1, -0.05) is 30.3 Å². The fraction of sp³-hybridized carbons (Fsp3) is 0.143. The largest absolute Gasteiger partial charge is 0.489 e. The second-order valence-electron chi connectivity index (χ2n) is 6.12. The van der Waals surface area contributed by atoms with Gasteiger partial charge in [-0.2, -0.15) is 0 Å². The van der Waals surface area contributed by atoms with Crippen molar-refractivity contribution >= 4 is 38.8 Å². The molecule has 7 nitrogen and oxygen atoms in total. The van der Waals surface area contributed by atoms with Crippen molar-refractivity contribution < 1.29 is 27.5 Å². The van der Waals surface area contributed by atoms with E-state index < -0.39 is 16.0 Å². The van der Waals surface area contributed by atoms with Gasteiger partial charge in [-0.3, -0.25) is 9.52 Å². The molecule has 0 aliphatic carbocycles. The molecule has 0 spiro atoms. The lowest BCUT2D eigenvalue weighted by Gasteiger charge is -2.12. The van der Waals surface area contributed by atoms with Crippen molar-refractivity contribution in [2.24, 2.45) is 0 Å². The highest BCUT2D eigenvalue weighted by atomic mass is 32.2. The van der Waals surface area contributed by atoms with Crippen LogP contribution in [0.4, 0.5) is 5.69 Å². The number of esters is 1. The van der Waals surface area contributed by atoms with Gasteiger partial charge in [0.25, 0.3) is 10.0 Å². The van der Waals surface area contributed by atoms with Gasteiger partial charge in [0.1, 0.15) is 23.2 Å². The van der Waals surface area contributed by atoms with Gasteiger partial charge >= 0.3 is 5.97 Å². The highest BCUT2D eigenvalue weighted by Gasteiger charge is 2.20. The second kappa shape index (κ2) is 9.55. The van der Waals surface area contributed by atoms with E-state index in [-0.39, 0.29) is 34.5 Å². The van der Waals surface area contributed by atoms with Crippen molar-refractivity contribution in [2.75, 3.05) is 17.9 Å². The number of hydrogen-bond acceptors (Lipinski definition) is 7. The van der Waals surface area contributed by atoms with Crippen LogP contribution in [0.5, 0.6) is 5.75 Å². The Balaban J connectivity index is 1.62. The maximum atomic E-state index is 12.5. The van der Waals surface area contributed by atoms with Gasteiger partial charge in [0.05, 0.1) is 16.8 Å². The van der Waals surface area contributed by atoms with E-state index in [9.17, 15) is 18.0 Å². The SMILES string of the molecule is CC(=O)c1ccccc1OCCOC(=O)c1ccccc1NS(=O)(=O)c1cccs1. The molecule has 30 heavy (non-hydrogen) atoms. The third kappa shape index (κ3) is 5.25. The third-order valence-electron chi connectivity index (χ3n) is 3.99. The number of rotatable bonds is 9. The van der Waals surface area contributed by atoms with E-state index in [1.807, 2.05) is 0 Å². The van der Waals surface area contributed by atoms with E-state index in [0.29, 0.717) is 11.3 Å². The molecule has 0 saturated carbocycles. The number of sulfonamides is 1. The molecule has 2 aromatic carbocycles. The molecule has 0 atom stereocenters. The number of para-hydroxylation sites is 2. The lowest BCUT2D eigenvalue weighted by atomic mass is 10.1. The third-order valence-corrected chi connectivity index (χ3v) is 6.75. The van der Waals surface area contributed by atoms with Crippen molar-refractivity contribution in [1.82, 2.24) is 0 Å². The Bertz CT molecular complexity index is 1140. The first-order valence-corrected chi connectivity index (χ1v) is 11.3. The van der Waals surface area contributed by atoms with Crippen LogP contribution in [0.1, 0.15) is 27.6 Å². The van der Waals surface area contributed by atoms with Crippen molar-refractivity contribution in [3.05, 3.63) is 77.2 Å². The molecule has 0 unspecified atom stereocenters. The smallest absolute Gasteiger partial charge is 0.340 e. The Morgan fingerprint density at radius 1 is 0.933 bits per heavy atom. The summed E-state index contributed by atoms with van der Waals surface area (Å²) in [5.41, 5.74) is 0.651. The van der Waals surface area contributed by atoms with Crippen LogP contribution in [-0.4, -0.2) is 33.4 Å². The summed E-state index contributed by atoms with van der Waals surface area (Å²) >= 11 is 1.07. The molecule has 0 radical (unpaired) electrons. The Labute approximate surface area is 178 Å². The van der Waals surface area contributed by atoms with Crippen LogP contribution >= 0.6 is 11.3 Å². The summed E-state index contributed by atoms with van der Waals surface area (Å²) in [6, 6.07) is 16.1. The molecular formula is C21H19NO6S2. The first-order valence-electron chi connectivity index (χ1n) is 8.94. The van der Waals surface area contributed by atoms with Crippen molar-refractivity contribution in [3.8, 4) is 5.75 Å². The Morgan fingerprint density at radius 3 is 2.33 bits per heavy atom. The topological polar surface area (TPSA) is 98.8 Å². The predicted octanol–water partition coefficient (Wildman–Crippen LogP) is 3.99. The van der Waals surface area contributed by atoms with Crippen LogP contribution in [0, 0.1) is 0 Å². The number of carbonyl (C=O) groups is 2. The molecule has 0 amide bonds. The zero-order chi connectivity index (χ0) is 21.6. The molecule has 3 rings (SSSR count). The van der Waals surface area contributed by atoms with E-state index in [1.54, 1.807) is 47.8 Å². The Hall–Kier alpha value is -3.17. The Kier molecular flexibility index (Phi) is 6.86. The molecule has 0 aliphatic rings. The number of Topliss-reactive ketones (excluding diaryl/α,β-unsaturated/α-hetero) is 1. The minimum absolute atomic E-state index is 0.0408. The lowest BCUT2D eigenvalue weighted by Crippen LogP contribution is -2.17. The number of carbonyl (C=O) groups excluding carboxylic acids is 2. The van der Waals surface area contributed by atoms with E-state index in [1.165, 1.54) is 25.1 Å². The monoisotopic (exact) mass is 445 g/mol. The second-order valence-corrected chi connectivity index (χ2v) is 8.98. The number of hydrogen-bond donors (Lipinski definition) is 1. The number of benzene rings is 2. The molecule has 0 aliphatic heterocycles. The predicted molar refractivity (Wildman–Crippen MR) is 114 cm³/mol. The molecule has 156 valence electrons. The standard InChI is InChI=1S/C21H19NO6S2/c1-15(23)16-7-3-5-10-19(16)27-12-13-28-21(24)17-8-2-4-9-18(17)22-30(25,26)20-11-6-14-29-20/h2-11,14,22H,12-13H2,1H3. The summed E-state index contributed by atoms with van der Waals surface area (Å²) in [5, 5.41) is 1.65. The number of anilines is 1. The van der Waals surface area contributed by atoms with Gasteiger partial charge in [0.2, 0.25) is 0 Å². The highest BCUT2D eigenvalue weighted by molar-refractivity contribution is 7.94. The van der Waals surface area contributed by atoms with E-state index in [0.717, 1.165) is 11.3 Å². The lowest BCUT2D eigenvalue weighted by molar-refractivity contribution is 0.0450. The summed E-state index contributed by atoms with van der Waals surface area (Å²) in [7, 11) is -3.80. The molecule has 9 heteroatoms. The fourth-order valence-corrected chi connectivity index (χ4v) is 4.68. The molecule has 0 bridgehead atoms.